The molecule has 0 N–H and O–H groups in total. The zero-order chi connectivity index (χ0) is 18.8. The molecule has 0 aromatic carbocycles. The van der Waals surface area contributed by atoms with Crippen LogP contribution >= 0.6 is 34.8 Å². The third-order valence-electron chi connectivity index (χ3n) is 3.75. The predicted octanol–water partition coefficient (Wildman–Crippen LogP) is 2.23. The average molecular weight is 430 g/mol. The predicted molar refractivity (Wildman–Crippen MR) is 94.0 cm³/mol. The van der Waals surface area contributed by atoms with E-state index in [0.29, 0.717) is 13.0 Å². The number of halogens is 3. The van der Waals surface area contributed by atoms with E-state index < -0.39 is 34.4 Å². The molecule has 1 aromatic rings. The molecule has 0 aliphatic carbocycles. The highest BCUT2D eigenvalue weighted by Crippen LogP contribution is 2.31. The Morgan fingerprint density at radius 2 is 2.00 bits per heavy atom. The lowest BCUT2D eigenvalue weighted by molar-refractivity contribution is -0.136. The number of likely N-dealkylation sites (N-methyl/N-ethyl adjacent to an activating group) is 1. The lowest BCUT2D eigenvalue weighted by Crippen LogP contribution is -2.43. The van der Waals surface area contributed by atoms with Gasteiger partial charge in [0.05, 0.1) is 26.6 Å². The second-order valence-corrected chi connectivity index (χ2v) is 8.79. The monoisotopic (exact) mass is 428 g/mol. The molecular formula is C14H15Cl3N2O5S. The number of ether oxygens (including phenoxy) is 1. The molecule has 0 unspecified atom stereocenters. The Balaban J connectivity index is 2.01. The summed E-state index contributed by atoms with van der Waals surface area (Å²) in [5.74, 6) is -1.45. The van der Waals surface area contributed by atoms with Gasteiger partial charge in [-0.3, -0.25) is 4.79 Å². The van der Waals surface area contributed by atoms with Crippen molar-refractivity contribution >= 4 is 56.5 Å². The van der Waals surface area contributed by atoms with Crippen LogP contribution in [0.25, 0.3) is 0 Å². The smallest absolute Gasteiger partial charge is 0.359 e. The highest BCUT2D eigenvalue weighted by Gasteiger charge is 2.34. The molecule has 1 aliphatic rings. The number of hydrogen-bond acceptors (Lipinski definition) is 6. The highest BCUT2D eigenvalue weighted by atomic mass is 35.5. The van der Waals surface area contributed by atoms with Gasteiger partial charge in [-0.2, -0.15) is 0 Å². The zero-order valence-corrected chi connectivity index (χ0v) is 16.3. The quantitative estimate of drug-likeness (QED) is 0.666. The highest BCUT2D eigenvalue weighted by molar-refractivity contribution is 7.91. The number of pyridine rings is 1. The molecule has 2 rings (SSSR count). The Morgan fingerprint density at radius 1 is 1.32 bits per heavy atom. The summed E-state index contributed by atoms with van der Waals surface area (Å²) >= 11 is 17.5. The van der Waals surface area contributed by atoms with Gasteiger partial charge in [0, 0.05) is 18.8 Å². The molecule has 1 saturated heterocycles. The Labute approximate surface area is 160 Å². The second-order valence-electron chi connectivity index (χ2n) is 5.40. The first-order valence-corrected chi connectivity index (χ1v) is 10.3. The fraction of sp³-hybridized carbons (Fsp3) is 0.500. The molecule has 1 aliphatic heterocycles. The second kappa shape index (κ2) is 8.07. The summed E-state index contributed by atoms with van der Waals surface area (Å²) in [4.78, 5) is 29.4. The number of rotatable bonds is 5. The van der Waals surface area contributed by atoms with Gasteiger partial charge in [0.1, 0.15) is 0 Å². The first-order chi connectivity index (χ1) is 11.7. The van der Waals surface area contributed by atoms with Crippen molar-refractivity contribution in [3.63, 3.8) is 0 Å². The number of amides is 1. The van der Waals surface area contributed by atoms with Gasteiger partial charge >= 0.3 is 5.97 Å². The van der Waals surface area contributed by atoms with E-state index in [-0.39, 0.29) is 32.3 Å². The first-order valence-electron chi connectivity index (χ1n) is 7.32. The maximum absolute atomic E-state index is 12.3. The first kappa shape index (κ1) is 20.2. The Morgan fingerprint density at radius 3 is 2.56 bits per heavy atom. The molecule has 0 bridgehead atoms. The van der Waals surface area contributed by atoms with E-state index in [0.717, 1.165) is 6.20 Å². The van der Waals surface area contributed by atoms with Crippen molar-refractivity contribution in [3.05, 3.63) is 27.0 Å². The van der Waals surface area contributed by atoms with Crippen molar-refractivity contribution < 1.29 is 22.7 Å². The normalized spacial score (nSPS) is 18.8. The zero-order valence-electron chi connectivity index (χ0n) is 13.2. The van der Waals surface area contributed by atoms with Crippen LogP contribution in [0.4, 0.5) is 0 Å². The van der Waals surface area contributed by atoms with Gasteiger partial charge in [0.15, 0.2) is 22.1 Å². The van der Waals surface area contributed by atoms with Gasteiger partial charge < -0.3 is 9.64 Å². The van der Waals surface area contributed by atoms with Crippen LogP contribution in [-0.4, -0.2) is 60.9 Å². The van der Waals surface area contributed by atoms with E-state index in [2.05, 4.69) is 4.98 Å². The molecule has 138 valence electrons. The number of hydrogen-bond donors (Lipinski definition) is 0. The molecule has 11 heteroatoms. The topological polar surface area (TPSA) is 93.6 Å². The van der Waals surface area contributed by atoms with Crippen LogP contribution in [0.2, 0.25) is 15.1 Å². The van der Waals surface area contributed by atoms with E-state index in [4.69, 9.17) is 39.5 Å². The Hall–Kier alpha value is -1.09. The maximum atomic E-state index is 12.3. The number of carbonyl (C=O) groups is 2. The summed E-state index contributed by atoms with van der Waals surface area (Å²) in [7, 11) is -3.13. The third kappa shape index (κ3) is 4.75. The summed E-state index contributed by atoms with van der Waals surface area (Å²) < 4.78 is 28.1. The van der Waals surface area contributed by atoms with Crippen LogP contribution in [0.15, 0.2) is 6.20 Å². The van der Waals surface area contributed by atoms with Crippen LogP contribution in [0.3, 0.4) is 0 Å². The van der Waals surface area contributed by atoms with Gasteiger partial charge in [-0.1, -0.05) is 34.8 Å². The lowest BCUT2D eigenvalue weighted by atomic mass is 10.2. The molecule has 25 heavy (non-hydrogen) atoms. The SMILES string of the molecule is CCN(C(=O)COC(=O)c1ncc(Cl)c(Cl)c1Cl)[C@@H]1CCS(=O)(=O)C1. The van der Waals surface area contributed by atoms with Crippen LogP contribution in [-0.2, 0) is 19.4 Å². The molecule has 0 radical (unpaired) electrons. The van der Waals surface area contributed by atoms with Crippen molar-refractivity contribution in [2.75, 3.05) is 24.7 Å². The van der Waals surface area contributed by atoms with Crippen LogP contribution in [0, 0.1) is 0 Å². The molecule has 0 spiro atoms. The molecule has 1 fully saturated rings. The van der Waals surface area contributed by atoms with E-state index in [9.17, 15) is 18.0 Å². The third-order valence-corrected chi connectivity index (χ3v) is 6.74. The van der Waals surface area contributed by atoms with Crippen molar-refractivity contribution in [1.82, 2.24) is 9.88 Å². The average Bonchev–Trinajstić information content (AvgIpc) is 2.91. The number of aromatic nitrogens is 1. The standard InChI is InChI=1S/C14H15Cl3N2O5S/c1-2-19(8-3-4-25(22,23)7-8)10(20)6-24-14(21)13-12(17)11(16)9(15)5-18-13/h5,8H,2-4,6-7H2,1H3/t8-/m1/s1. The summed E-state index contributed by atoms with van der Waals surface area (Å²) in [6, 6.07) is -0.409. The van der Waals surface area contributed by atoms with Crippen LogP contribution in [0.5, 0.6) is 0 Å². The molecule has 7 nitrogen and oxygen atoms in total. The molecule has 0 saturated carbocycles. The van der Waals surface area contributed by atoms with Gasteiger partial charge in [0.2, 0.25) is 0 Å². The minimum atomic E-state index is -3.13. The van der Waals surface area contributed by atoms with E-state index in [1.807, 2.05) is 0 Å². The summed E-state index contributed by atoms with van der Waals surface area (Å²) in [5, 5.41) is -0.122. The minimum Gasteiger partial charge on any atom is -0.451 e. The lowest BCUT2D eigenvalue weighted by Gasteiger charge is -2.26. The van der Waals surface area contributed by atoms with Gasteiger partial charge in [-0.25, -0.2) is 18.2 Å². The fourth-order valence-corrected chi connectivity index (χ4v) is 4.81. The summed E-state index contributed by atoms with van der Waals surface area (Å²) in [5.41, 5.74) is -0.254. The number of nitrogens with zero attached hydrogens (tertiary/aromatic N) is 2. The maximum Gasteiger partial charge on any atom is 0.359 e. The van der Waals surface area contributed by atoms with Gasteiger partial charge in [0.25, 0.3) is 5.91 Å². The van der Waals surface area contributed by atoms with Crippen molar-refractivity contribution in [2.24, 2.45) is 0 Å². The minimum absolute atomic E-state index is 0.0389. The Bertz CT molecular complexity index is 800. The molecule has 2 heterocycles. The van der Waals surface area contributed by atoms with Crippen molar-refractivity contribution in [1.29, 1.82) is 0 Å². The van der Waals surface area contributed by atoms with E-state index >= 15 is 0 Å². The molecule has 1 amide bonds. The molecule has 1 aromatic heterocycles. The number of carbonyl (C=O) groups excluding carboxylic acids is 2. The van der Waals surface area contributed by atoms with Gasteiger partial charge in [-0.05, 0) is 13.3 Å². The van der Waals surface area contributed by atoms with E-state index in [1.54, 1.807) is 6.92 Å². The van der Waals surface area contributed by atoms with Gasteiger partial charge in [-0.15, -0.1) is 0 Å². The Kier molecular flexibility index (Phi) is 6.53. The fourth-order valence-electron chi connectivity index (χ4n) is 2.52. The number of sulfone groups is 1. The summed E-state index contributed by atoms with van der Waals surface area (Å²) in [6.07, 6.45) is 1.52. The van der Waals surface area contributed by atoms with Crippen LogP contribution < -0.4 is 0 Å². The van der Waals surface area contributed by atoms with Crippen molar-refractivity contribution in [3.8, 4) is 0 Å². The van der Waals surface area contributed by atoms with Crippen LogP contribution in [0.1, 0.15) is 23.8 Å². The molecule has 1 atom stereocenters. The van der Waals surface area contributed by atoms with Crippen molar-refractivity contribution in [2.45, 2.75) is 19.4 Å². The summed E-state index contributed by atoms with van der Waals surface area (Å²) in [6.45, 7) is 1.48. The number of esters is 1. The largest absolute Gasteiger partial charge is 0.451 e. The van der Waals surface area contributed by atoms with E-state index in [1.165, 1.54) is 4.90 Å². The molecular weight excluding hydrogens is 415 g/mol.